The van der Waals surface area contributed by atoms with Gasteiger partial charge in [-0.1, -0.05) is 0 Å². The number of nitrogens with zero attached hydrogens (tertiary/aromatic N) is 5. The number of carbonyl (C=O) groups excluding carboxylic acids is 1. The summed E-state index contributed by atoms with van der Waals surface area (Å²) in [6.45, 7) is 0. The maximum Gasteiger partial charge on any atom is 0.261 e. The van der Waals surface area contributed by atoms with E-state index in [0.29, 0.717) is 10.7 Å². The zero-order valence-electron chi connectivity index (χ0n) is 12.9. The molecule has 0 radical (unpaired) electrons. The fourth-order valence-corrected chi connectivity index (χ4v) is 3.86. The van der Waals surface area contributed by atoms with Crippen molar-refractivity contribution in [1.82, 2.24) is 19.7 Å². The predicted molar refractivity (Wildman–Crippen MR) is 88.7 cm³/mol. The van der Waals surface area contributed by atoms with Crippen molar-refractivity contribution in [3.63, 3.8) is 0 Å². The Balaban J connectivity index is 1.70. The fraction of sp³-hybridized carbons (Fsp3) is 0.250. The third kappa shape index (κ3) is 2.24. The summed E-state index contributed by atoms with van der Waals surface area (Å²) < 4.78 is 1.90. The second kappa shape index (κ2) is 5.27. The normalized spacial score (nSPS) is 12.6. The van der Waals surface area contributed by atoms with Crippen molar-refractivity contribution in [3.05, 3.63) is 46.9 Å². The first-order chi connectivity index (χ1) is 11.1. The molecular weight excluding hydrogens is 310 g/mol. The molecule has 0 spiro atoms. The van der Waals surface area contributed by atoms with Gasteiger partial charge in [-0.15, -0.1) is 11.3 Å². The lowest BCUT2D eigenvalue weighted by Gasteiger charge is -2.13. The van der Waals surface area contributed by atoms with E-state index in [4.69, 9.17) is 4.98 Å². The van der Waals surface area contributed by atoms with E-state index in [9.17, 15) is 4.79 Å². The number of pyridine rings is 1. The number of fused-ring (bicyclic) bond motifs is 3. The summed E-state index contributed by atoms with van der Waals surface area (Å²) in [5, 5.41) is 5.04. The van der Waals surface area contributed by atoms with Crippen LogP contribution in [0.25, 0.3) is 11.3 Å². The lowest BCUT2D eigenvalue weighted by molar-refractivity contribution is 0.0992. The van der Waals surface area contributed by atoms with Crippen molar-refractivity contribution in [2.45, 2.75) is 12.8 Å². The van der Waals surface area contributed by atoms with E-state index in [1.54, 1.807) is 47.8 Å². The standard InChI is InChI=1S/C16H15N5OS/c1-20(15(22)10-4-3-7-17-8-10)16-19-14-11-9-18-21(2)12(11)5-6-13(14)23-16/h3-4,7-9H,5-6H2,1-2H3. The fourth-order valence-electron chi connectivity index (χ4n) is 2.82. The number of hydrogen-bond donors (Lipinski definition) is 0. The number of carbonyl (C=O) groups is 1. The van der Waals surface area contributed by atoms with Crippen LogP contribution >= 0.6 is 11.3 Å². The minimum atomic E-state index is -0.101. The van der Waals surface area contributed by atoms with Gasteiger partial charge in [0.05, 0.1) is 17.5 Å². The second-order valence-corrected chi connectivity index (χ2v) is 6.56. The van der Waals surface area contributed by atoms with Crippen LogP contribution in [0.3, 0.4) is 0 Å². The van der Waals surface area contributed by atoms with Crippen LogP contribution in [0.4, 0.5) is 5.13 Å². The van der Waals surface area contributed by atoms with Gasteiger partial charge < -0.3 is 0 Å². The highest BCUT2D eigenvalue weighted by Gasteiger charge is 2.26. The maximum absolute atomic E-state index is 12.5. The van der Waals surface area contributed by atoms with E-state index in [1.165, 1.54) is 10.6 Å². The SMILES string of the molecule is CN(C(=O)c1cccnc1)c1nc2c(s1)CCc1c-2cnn1C. The smallest absolute Gasteiger partial charge is 0.261 e. The van der Waals surface area contributed by atoms with Crippen LogP contribution in [0.5, 0.6) is 0 Å². The number of aryl methyl sites for hydroxylation is 2. The van der Waals surface area contributed by atoms with Crippen LogP contribution in [-0.4, -0.2) is 32.7 Å². The molecule has 1 aliphatic carbocycles. The Bertz CT molecular complexity index is 883. The molecule has 7 heteroatoms. The van der Waals surface area contributed by atoms with Crippen molar-refractivity contribution in [2.24, 2.45) is 7.05 Å². The summed E-state index contributed by atoms with van der Waals surface area (Å²) in [6.07, 6.45) is 6.99. The lowest BCUT2D eigenvalue weighted by Crippen LogP contribution is -2.26. The molecule has 0 atom stereocenters. The summed E-state index contributed by atoms with van der Waals surface area (Å²) in [4.78, 5) is 24.1. The van der Waals surface area contributed by atoms with Gasteiger partial charge in [0.1, 0.15) is 0 Å². The predicted octanol–water partition coefficient (Wildman–Crippen LogP) is 2.31. The van der Waals surface area contributed by atoms with Crippen molar-refractivity contribution in [1.29, 1.82) is 0 Å². The van der Waals surface area contributed by atoms with E-state index in [1.807, 2.05) is 17.9 Å². The van der Waals surface area contributed by atoms with Gasteiger partial charge in [-0.3, -0.25) is 19.4 Å². The van der Waals surface area contributed by atoms with Crippen molar-refractivity contribution < 1.29 is 4.79 Å². The summed E-state index contributed by atoms with van der Waals surface area (Å²) >= 11 is 1.58. The third-order valence-corrected chi connectivity index (χ3v) is 5.28. The summed E-state index contributed by atoms with van der Waals surface area (Å²) in [5.41, 5.74) is 3.81. The molecule has 3 aromatic rings. The zero-order valence-corrected chi connectivity index (χ0v) is 13.7. The van der Waals surface area contributed by atoms with Gasteiger partial charge in [-0.25, -0.2) is 4.98 Å². The van der Waals surface area contributed by atoms with E-state index in [0.717, 1.165) is 24.1 Å². The quantitative estimate of drug-likeness (QED) is 0.725. The average Bonchev–Trinajstić information content (AvgIpc) is 3.18. The Morgan fingerprint density at radius 1 is 1.35 bits per heavy atom. The Labute approximate surface area is 137 Å². The number of thiazole rings is 1. The number of aromatic nitrogens is 4. The highest BCUT2D eigenvalue weighted by molar-refractivity contribution is 7.16. The summed E-state index contributed by atoms with van der Waals surface area (Å²) in [6, 6.07) is 3.52. The van der Waals surface area contributed by atoms with E-state index < -0.39 is 0 Å². The molecule has 3 aromatic heterocycles. The summed E-state index contributed by atoms with van der Waals surface area (Å²) in [7, 11) is 3.71. The van der Waals surface area contributed by atoms with E-state index in [-0.39, 0.29) is 5.91 Å². The van der Waals surface area contributed by atoms with Gasteiger partial charge in [0, 0.05) is 42.6 Å². The highest BCUT2D eigenvalue weighted by Crippen LogP contribution is 2.38. The molecule has 0 bridgehead atoms. The maximum atomic E-state index is 12.5. The van der Waals surface area contributed by atoms with Gasteiger partial charge in [-0.2, -0.15) is 5.10 Å². The first-order valence-corrected chi connectivity index (χ1v) is 8.16. The van der Waals surface area contributed by atoms with Crippen molar-refractivity contribution in [3.8, 4) is 11.3 Å². The van der Waals surface area contributed by atoms with E-state index in [2.05, 4.69) is 10.1 Å². The van der Waals surface area contributed by atoms with Crippen LogP contribution in [0.15, 0.2) is 30.7 Å². The number of anilines is 1. The average molecular weight is 325 g/mol. The van der Waals surface area contributed by atoms with Crippen LogP contribution < -0.4 is 4.90 Å². The van der Waals surface area contributed by atoms with Crippen molar-refractivity contribution in [2.75, 3.05) is 11.9 Å². The lowest BCUT2D eigenvalue weighted by atomic mass is 10.0. The molecule has 3 heterocycles. The van der Waals surface area contributed by atoms with Crippen LogP contribution in [0.1, 0.15) is 20.9 Å². The van der Waals surface area contributed by atoms with Gasteiger partial charge in [-0.05, 0) is 25.0 Å². The highest BCUT2D eigenvalue weighted by atomic mass is 32.1. The van der Waals surface area contributed by atoms with Crippen molar-refractivity contribution >= 4 is 22.4 Å². The first kappa shape index (κ1) is 14.1. The van der Waals surface area contributed by atoms with E-state index >= 15 is 0 Å². The molecule has 0 saturated heterocycles. The molecule has 116 valence electrons. The molecule has 1 amide bonds. The topological polar surface area (TPSA) is 63.9 Å². The minimum absolute atomic E-state index is 0.101. The summed E-state index contributed by atoms with van der Waals surface area (Å²) in [5.74, 6) is -0.101. The molecule has 0 aliphatic heterocycles. The largest absolute Gasteiger partial charge is 0.287 e. The minimum Gasteiger partial charge on any atom is -0.287 e. The van der Waals surface area contributed by atoms with Gasteiger partial charge in [0.15, 0.2) is 5.13 Å². The second-order valence-electron chi connectivity index (χ2n) is 5.50. The van der Waals surface area contributed by atoms with Gasteiger partial charge >= 0.3 is 0 Å². The molecule has 1 aliphatic rings. The van der Waals surface area contributed by atoms with Crippen LogP contribution in [0.2, 0.25) is 0 Å². The first-order valence-electron chi connectivity index (χ1n) is 7.34. The molecule has 0 N–H and O–H groups in total. The van der Waals surface area contributed by atoms with Gasteiger partial charge in [0.25, 0.3) is 5.91 Å². The molecule has 4 rings (SSSR count). The molecule has 0 aromatic carbocycles. The molecule has 23 heavy (non-hydrogen) atoms. The molecule has 0 fully saturated rings. The molecular formula is C16H15N5OS. The number of rotatable bonds is 2. The van der Waals surface area contributed by atoms with Gasteiger partial charge in [0.2, 0.25) is 0 Å². The van der Waals surface area contributed by atoms with Crippen LogP contribution in [0, 0.1) is 0 Å². The Morgan fingerprint density at radius 3 is 3.00 bits per heavy atom. The Kier molecular flexibility index (Phi) is 3.23. The van der Waals surface area contributed by atoms with Crippen LogP contribution in [-0.2, 0) is 19.9 Å². The molecule has 0 unspecified atom stereocenters. The Morgan fingerprint density at radius 2 is 2.22 bits per heavy atom. The number of amides is 1. The monoisotopic (exact) mass is 325 g/mol. The Hall–Kier alpha value is -2.54. The third-order valence-electron chi connectivity index (χ3n) is 4.09. The molecule has 6 nitrogen and oxygen atoms in total. The number of hydrogen-bond acceptors (Lipinski definition) is 5. The zero-order chi connectivity index (χ0) is 16.0. The molecule has 0 saturated carbocycles.